The van der Waals surface area contributed by atoms with Gasteiger partial charge < -0.3 is 14.8 Å². The van der Waals surface area contributed by atoms with Crippen LogP contribution < -0.4 is 10.1 Å². The number of alkyl carbamates (subject to hydrolysis) is 1. The largest absolute Gasteiger partial charge is 0.489 e. The molecule has 0 saturated carbocycles. The third-order valence-corrected chi connectivity index (χ3v) is 2.34. The Morgan fingerprint density at radius 1 is 1.33 bits per heavy atom. The zero-order valence-corrected chi connectivity index (χ0v) is 12.9. The number of ether oxygens (including phenoxy) is 2. The molecule has 0 unspecified atom stereocenters. The van der Waals surface area contributed by atoms with E-state index in [1.165, 1.54) is 0 Å². The molecular weight excluding hydrogens is 266 g/mol. The lowest BCUT2D eigenvalue weighted by Gasteiger charge is -2.19. The smallest absolute Gasteiger partial charge is 0.407 e. The summed E-state index contributed by atoms with van der Waals surface area (Å²) in [7, 11) is 0. The molecule has 21 heavy (non-hydrogen) atoms. The molecule has 0 bridgehead atoms. The van der Waals surface area contributed by atoms with Crippen LogP contribution in [0.25, 0.3) is 6.08 Å². The number of para-hydroxylation sites is 1. The molecule has 1 aromatic carbocycles. The molecule has 0 spiro atoms. The lowest BCUT2D eigenvalue weighted by atomic mass is 10.2. The quantitative estimate of drug-likeness (QED) is 0.810. The first-order valence-corrected chi connectivity index (χ1v) is 6.88. The maximum absolute atomic E-state index is 11.5. The predicted octanol–water partition coefficient (Wildman–Crippen LogP) is 3.79. The van der Waals surface area contributed by atoms with E-state index in [2.05, 4.69) is 11.9 Å². The van der Waals surface area contributed by atoms with Crippen LogP contribution in [0.5, 0.6) is 5.75 Å². The summed E-state index contributed by atoms with van der Waals surface area (Å²) in [4.78, 5) is 11.5. The van der Waals surface area contributed by atoms with E-state index in [4.69, 9.17) is 9.47 Å². The zero-order chi connectivity index (χ0) is 15.7. The van der Waals surface area contributed by atoms with Crippen molar-refractivity contribution in [1.29, 1.82) is 0 Å². The van der Waals surface area contributed by atoms with E-state index in [0.29, 0.717) is 13.2 Å². The predicted molar refractivity (Wildman–Crippen MR) is 85.4 cm³/mol. The van der Waals surface area contributed by atoms with Gasteiger partial charge in [-0.2, -0.15) is 0 Å². The Bertz CT molecular complexity index is 501. The second kappa shape index (κ2) is 8.15. The number of benzene rings is 1. The second-order valence-electron chi connectivity index (χ2n) is 5.42. The molecule has 0 aromatic heterocycles. The molecule has 0 fully saturated rings. The van der Waals surface area contributed by atoms with Gasteiger partial charge in [0.25, 0.3) is 0 Å². The van der Waals surface area contributed by atoms with Crippen molar-refractivity contribution in [2.75, 3.05) is 13.2 Å². The van der Waals surface area contributed by atoms with Gasteiger partial charge in [0.05, 0.1) is 0 Å². The van der Waals surface area contributed by atoms with Crippen LogP contribution in [0.4, 0.5) is 4.79 Å². The van der Waals surface area contributed by atoms with Crippen LogP contribution in [0.1, 0.15) is 26.3 Å². The molecule has 0 atom stereocenters. The Hall–Kier alpha value is -2.23. The van der Waals surface area contributed by atoms with Gasteiger partial charge in [0.1, 0.15) is 18.0 Å². The topological polar surface area (TPSA) is 47.6 Å². The summed E-state index contributed by atoms with van der Waals surface area (Å²) in [5, 5.41) is 2.67. The van der Waals surface area contributed by atoms with Gasteiger partial charge in [-0.3, -0.25) is 0 Å². The van der Waals surface area contributed by atoms with E-state index in [0.717, 1.165) is 11.3 Å². The molecule has 0 heterocycles. The molecule has 4 heteroatoms. The summed E-state index contributed by atoms with van der Waals surface area (Å²) in [6, 6.07) is 7.68. The highest BCUT2D eigenvalue weighted by Crippen LogP contribution is 2.19. The summed E-state index contributed by atoms with van der Waals surface area (Å²) in [5.74, 6) is 0.783. The molecule has 0 radical (unpaired) electrons. The van der Waals surface area contributed by atoms with Crippen molar-refractivity contribution >= 4 is 12.2 Å². The first kappa shape index (κ1) is 16.8. The van der Waals surface area contributed by atoms with Gasteiger partial charge in [-0.15, -0.1) is 0 Å². The molecular formula is C17H23NO3. The molecule has 4 nitrogen and oxygen atoms in total. The van der Waals surface area contributed by atoms with Crippen molar-refractivity contribution in [3.63, 3.8) is 0 Å². The minimum absolute atomic E-state index is 0.394. The Morgan fingerprint density at radius 3 is 2.71 bits per heavy atom. The first-order valence-electron chi connectivity index (χ1n) is 6.88. The van der Waals surface area contributed by atoms with Crippen molar-refractivity contribution in [3.05, 3.63) is 48.6 Å². The van der Waals surface area contributed by atoms with Crippen LogP contribution in [-0.4, -0.2) is 24.8 Å². The molecule has 1 N–H and O–H groups in total. The maximum atomic E-state index is 11.5. The summed E-state index contributed by atoms with van der Waals surface area (Å²) in [5.41, 5.74) is 0.462. The number of hydrogen-bond donors (Lipinski definition) is 1. The molecule has 0 aliphatic rings. The van der Waals surface area contributed by atoms with Crippen LogP contribution in [0.3, 0.4) is 0 Å². The number of carbonyl (C=O) groups excluding carboxylic acids is 1. The maximum Gasteiger partial charge on any atom is 0.407 e. The van der Waals surface area contributed by atoms with Crippen molar-refractivity contribution in [2.45, 2.75) is 26.4 Å². The minimum atomic E-state index is -0.487. The standard InChI is InChI=1S/C17H23NO3/c1-5-13-20-15-11-7-6-9-14(15)10-8-12-18-16(19)21-17(2,3)4/h5-11H,1,12-13H2,2-4H3,(H,18,19). The van der Waals surface area contributed by atoms with Gasteiger partial charge >= 0.3 is 6.09 Å². The van der Waals surface area contributed by atoms with E-state index in [9.17, 15) is 4.79 Å². The third-order valence-electron chi connectivity index (χ3n) is 2.34. The molecule has 1 amide bonds. The fraction of sp³-hybridized carbons (Fsp3) is 0.353. The van der Waals surface area contributed by atoms with Crippen LogP contribution in [0.2, 0.25) is 0 Å². The van der Waals surface area contributed by atoms with E-state index in [1.807, 2.05) is 57.2 Å². The molecule has 114 valence electrons. The summed E-state index contributed by atoms with van der Waals surface area (Å²) >= 11 is 0. The fourth-order valence-corrected chi connectivity index (χ4v) is 1.54. The Labute approximate surface area is 126 Å². The Kier molecular flexibility index (Phi) is 6.53. The lowest BCUT2D eigenvalue weighted by Crippen LogP contribution is -2.32. The van der Waals surface area contributed by atoms with Crippen LogP contribution in [0, 0.1) is 0 Å². The van der Waals surface area contributed by atoms with E-state index in [-0.39, 0.29) is 0 Å². The van der Waals surface area contributed by atoms with E-state index >= 15 is 0 Å². The molecule has 0 aliphatic heterocycles. The normalized spacial score (nSPS) is 11.2. The summed E-state index contributed by atoms with van der Waals surface area (Å²) in [6.07, 6.45) is 5.02. The van der Waals surface area contributed by atoms with Gasteiger partial charge in [-0.1, -0.05) is 43.0 Å². The SMILES string of the molecule is C=CCOc1ccccc1C=CCNC(=O)OC(C)(C)C. The van der Waals surface area contributed by atoms with Gasteiger partial charge in [0.15, 0.2) is 0 Å². The van der Waals surface area contributed by atoms with Crippen LogP contribution >= 0.6 is 0 Å². The highest BCUT2D eigenvalue weighted by Gasteiger charge is 2.14. The Balaban J connectivity index is 2.50. The molecule has 0 aliphatic carbocycles. The Morgan fingerprint density at radius 2 is 2.05 bits per heavy atom. The van der Waals surface area contributed by atoms with Gasteiger partial charge in [-0.25, -0.2) is 4.79 Å². The highest BCUT2D eigenvalue weighted by atomic mass is 16.6. The summed E-state index contributed by atoms with van der Waals surface area (Å²) < 4.78 is 10.7. The van der Waals surface area contributed by atoms with Crippen LogP contribution in [0.15, 0.2) is 43.0 Å². The van der Waals surface area contributed by atoms with Crippen molar-refractivity contribution < 1.29 is 14.3 Å². The number of rotatable bonds is 6. The first-order chi connectivity index (χ1) is 9.92. The zero-order valence-electron chi connectivity index (χ0n) is 12.9. The van der Waals surface area contributed by atoms with E-state index < -0.39 is 11.7 Å². The lowest BCUT2D eigenvalue weighted by molar-refractivity contribution is 0.0534. The molecule has 1 aromatic rings. The summed E-state index contributed by atoms with van der Waals surface area (Å²) in [6.45, 7) is 9.96. The fourth-order valence-electron chi connectivity index (χ4n) is 1.54. The minimum Gasteiger partial charge on any atom is -0.489 e. The van der Waals surface area contributed by atoms with Gasteiger partial charge in [-0.05, 0) is 26.8 Å². The molecule has 0 saturated heterocycles. The van der Waals surface area contributed by atoms with Crippen molar-refractivity contribution in [2.24, 2.45) is 0 Å². The number of nitrogens with one attached hydrogen (secondary N) is 1. The number of amides is 1. The molecule has 1 rings (SSSR count). The third kappa shape index (κ3) is 7.20. The monoisotopic (exact) mass is 289 g/mol. The highest BCUT2D eigenvalue weighted by molar-refractivity contribution is 5.68. The van der Waals surface area contributed by atoms with Gasteiger partial charge in [0, 0.05) is 12.1 Å². The average Bonchev–Trinajstić information content (AvgIpc) is 2.40. The van der Waals surface area contributed by atoms with E-state index in [1.54, 1.807) is 6.08 Å². The van der Waals surface area contributed by atoms with Crippen LogP contribution in [-0.2, 0) is 4.74 Å². The number of hydrogen-bond acceptors (Lipinski definition) is 3. The van der Waals surface area contributed by atoms with Crippen molar-refractivity contribution in [3.8, 4) is 5.75 Å². The average molecular weight is 289 g/mol. The van der Waals surface area contributed by atoms with Crippen molar-refractivity contribution in [1.82, 2.24) is 5.32 Å². The second-order valence-corrected chi connectivity index (χ2v) is 5.42. The number of carbonyl (C=O) groups is 1. The van der Waals surface area contributed by atoms with Gasteiger partial charge in [0.2, 0.25) is 0 Å².